The van der Waals surface area contributed by atoms with E-state index in [0.29, 0.717) is 4.47 Å². The van der Waals surface area contributed by atoms with Crippen molar-refractivity contribution in [3.63, 3.8) is 0 Å². The zero-order chi connectivity index (χ0) is 13.1. The van der Waals surface area contributed by atoms with E-state index in [1.807, 2.05) is 18.4 Å². The van der Waals surface area contributed by atoms with Crippen molar-refractivity contribution in [2.75, 3.05) is 6.54 Å². The molecule has 5 heteroatoms. The van der Waals surface area contributed by atoms with Crippen LogP contribution in [0.1, 0.15) is 24.1 Å². The molecule has 1 heterocycles. The zero-order valence-electron chi connectivity index (χ0n) is 9.71. The first-order valence-corrected chi connectivity index (χ1v) is 8.07. The normalized spacial score (nSPS) is 12.7. The van der Waals surface area contributed by atoms with Gasteiger partial charge in [-0.3, -0.25) is 0 Å². The first kappa shape index (κ1) is 14.2. The van der Waals surface area contributed by atoms with Gasteiger partial charge < -0.3 is 5.32 Å². The molecule has 2 rings (SSSR count). The van der Waals surface area contributed by atoms with Crippen LogP contribution in [0.3, 0.4) is 0 Å². The Morgan fingerprint density at radius 3 is 2.67 bits per heavy atom. The minimum absolute atomic E-state index is 0.0132. The van der Waals surface area contributed by atoms with Crippen LogP contribution in [0.2, 0.25) is 0 Å². The molecule has 0 radical (unpaired) electrons. The van der Waals surface area contributed by atoms with Crippen LogP contribution in [0, 0.1) is 5.82 Å². The molecule has 0 spiro atoms. The molecule has 0 aliphatic rings. The summed E-state index contributed by atoms with van der Waals surface area (Å²) in [5.74, 6) is -0.234. The van der Waals surface area contributed by atoms with Crippen molar-refractivity contribution in [1.82, 2.24) is 5.32 Å². The SMILES string of the molecule is CCNC(c1cscc1Br)c1cccc(F)c1Br. The largest absolute Gasteiger partial charge is 0.306 e. The molecule has 0 aliphatic heterocycles. The molecule has 1 unspecified atom stereocenters. The Bertz CT molecular complexity index is 542. The van der Waals surface area contributed by atoms with Crippen LogP contribution < -0.4 is 5.32 Å². The molecule has 1 N–H and O–H groups in total. The number of thiophene rings is 1. The molecule has 2 aromatic rings. The van der Waals surface area contributed by atoms with Gasteiger partial charge in [0.1, 0.15) is 5.82 Å². The monoisotopic (exact) mass is 391 g/mol. The highest BCUT2D eigenvalue weighted by atomic mass is 79.9. The van der Waals surface area contributed by atoms with Crippen molar-refractivity contribution in [2.24, 2.45) is 0 Å². The molecule has 1 aromatic carbocycles. The second-order valence-electron chi connectivity index (χ2n) is 3.81. The van der Waals surface area contributed by atoms with E-state index in [0.717, 1.165) is 22.1 Å². The average molecular weight is 393 g/mol. The highest BCUT2D eigenvalue weighted by molar-refractivity contribution is 9.10. The van der Waals surface area contributed by atoms with Crippen molar-refractivity contribution < 1.29 is 4.39 Å². The summed E-state index contributed by atoms with van der Waals surface area (Å²) in [4.78, 5) is 0. The lowest BCUT2D eigenvalue weighted by molar-refractivity contribution is 0.595. The molecule has 1 atom stereocenters. The predicted octanol–water partition coefficient (Wildman–Crippen LogP) is 5.11. The smallest absolute Gasteiger partial charge is 0.137 e. The number of halogens is 3. The minimum Gasteiger partial charge on any atom is -0.306 e. The van der Waals surface area contributed by atoms with Crippen molar-refractivity contribution in [2.45, 2.75) is 13.0 Å². The summed E-state index contributed by atoms with van der Waals surface area (Å²) in [7, 11) is 0. The number of hydrogen-bond donors (Lipinski definition) is 1. The number of hydrogen-bond acceptors (Lipinski definition) is 2. The van der Waals surface area contributed by atoms with Crippen LogP contribution in [0.5, 0.6) is 0 Å². The van der Waals surface area contributed by atoms with E-state index >= 15 is 0 Å². The molecular weight excluding hydrogens is 381 g/mol. The second-order valence-corrected chi connectivity index (χ2v) is 6.20. The summed E-state index contributed by atoms with van der Waals surface area (Å²) in [6, 6.07) is 5.12. The van der Waals surface area contributed by atoms with E-state index in [1.165, 1.54) is 6.07 Å². The van der Waals surface area contributed by atoms with Gasteiger partial charge in [0.05, 0.1) is 10.5 Å². The van der Waals surface area contributed by atoms with Gasteiger partial charge in [-0.05, 0) is 61.0 Å². The third-order valence-corrected chi connectivity index (χ3v) is 5.24. The minimum atomic E-state index is -0.234. The van der Waals surface area contributed by atoms with Crippen molar-refractivity contribution >= 4 is 43.2 Å². The van der Waals surface area contributed by atoms with Crippen LogP contribution >= 0.6 is 43.2 Å². The Balaban J connectivity index is 2.48. The van der Waals surface area contributed by atoms with Gasteiger partial charge in [0.15, 0.2) is 0 Å². The van der Waals surface area contributed by atoms with Crippen LogP contribution in [-0.4, -0.2) is 6.54 Å². The molecule has 1 nitrogen and oxygen atoms in total. The fourth-order valence-corrected chi connectivity index (χ4v) is 3.88. The van der Waals surface area contributed by atoms with E-state index in [2.05, 4.69) is 42.6 Å². The summed E-state index contributed by atoms with van der Waals surface area (Å²) in [5.41, 5.74) is 2.05. The van der Waals surface area contributed by atoms with Crippen LogP contribution in [0.15, 0.2) is 37.9 Å². The summed E-state index contributed by atoms with van der Waals surface area (Å²) in [6.45, 7) is 2.86. The second kappa shape index (κ2) is 6.28. The lowest BCUT2D eigenvalue weighted by Gasteiger charge is -2.20. The summed E-state index contributed by atoms with van der Waals surface area (Å²) < 4.78 is 15.2. The van der Waals surface area contributed by atoms with Gasteiger partial charge >= 0.3 is 0 Å². The topological polar surface area (TPSA) is 12.0 Å². The molecular formula is C13H12Br2FNS. The Kier molecular flexibility index (Phi) is 4.95. The number of rotatable bonds is 4. The van der Waals surface area contributed by atoms with E-state index in [9.17, 15) is 4.39 Å². The van der Waals surface area contributed by atoms with Gasteiger partial charge in [-0.25, -0.2) is 4.39 Å². The zero-order valence-corrected chi connectivity index (χ0v) is 13.7. The predicted molar refractivity (Wildman–Crippen MR) is 81.6 cm³/mol. The molecule has 0 bridgehead atoms. The van der Waals surface area contributed by atoms with Gasteiger partial charge in [-0.15, -0.1) is 0 Å². The number of nitrogens with one attached hydrogen (secondary N) is 1. The summed E-state index contributed by atoms with van der Waals surface area (Å²) in [5, 5.41) is 7.50. The molecule has 0 amide bonds. The van der Waals surface area contributed by atoms with E-state index in [-0.39, 0.29) is 11.9 Å². The maximum absolute atomic E-state index is 13.6. The molecule has 0 saturated carbocycles. The Morgan fingerprint density at radius 2 is 2.06 bits per heavy atom. The summed E-state index contributed by atoms with van der Waals surface area (Å²) in [6.07, 6.45) is 0. The van der Waals surface area contributed by atoms with Crippen LogP contribution in [0.25, 0.3) is 0 Å². The fraction of sp³-hybridized carbons (Fsp3) is 0.231. The van der Waals surface area contributed by atoms with Crippen molar-refractivity contribution in [3.8, 4) is 0 Å². The highest BCUT2D eigenvalue weighted by Crippen LogP contribution is 2.35. The first-order valence-electron chi connectivity index (χ1n) is 5.54. The third-order valence-electron chi connectivity index (χ3n) is 2.65. The van der Waals surface area contributed by atoms with Gasteiger partial charge in [0, 0.05) is 9.85 Å². The van der Waals surface area contributed by atoms with Gasteiger partial charge in [0.25, 0.3) is 0 Å². The van der Waals surface area contributed by atoms with E-state index < -0.39 is 0 Å². The maximum atomic E-state index is 13.6. The Labute approximate surface area is 127 Å². The third kappa shape index (κ3) is 2.85. The lowest BCUT2D eigenvalue weighted by atomic mass is 10.0. The molecule has 0 aliphatic carbocycles. The van der Waals surface area contributed by atoms with Crippen molar-refractivity contribution in [3.05, 3.63) is 54.8 Å². The summed E-state index contributed by atoms with van der Waals surface area (Å²) >= 11 is 8.50. The van der Waals surface area contributed by atoms with Gasteiger partial charge in [-0.2, -0.15) is 11.3 Å². The molecule has 18 heavy (non-hydrogen) atoms. The van der Waals surface area contributed by atoms with E-state index in [4.69, 9.17) is 0 Å². The molecule has 96 valence electrons. The fourth-order valence-electron chi connectivity index (χ4n) is 1.83. The molecule has 0 fully saturated rings. The maximum Gasteiger partial charge on any atom is 0.137 e. The van der Waals surface area contributed by atoms with Crippen LogP contribution in [-0.2, 0) is 0 Å². The van der Waals surface area contributed by atoms with Crippen molar-refractivity contribution in [1.29, 1.82) is 0 Å². The van der Waals surface area contributed by atoms with Gasteiger partial charge in [-0.1, -0.05) is 19.1 Å². The quantitative estimate of drug-likeness (QED) is 0.762. The molecule has 1 aromatic heterocycles. The molecule has 0 saturated heterocycles. The first-order chi connectivity index (χ1) is 8.65. The number of benzene rings is 1. The Morgan fingerprint density at radius 1 is 1.28 bits per heavy atom. The Hall–Kier alpha value is -0.230. The van der Waals surface area contributed by atoms with Crippen LogP contribution in [0.4, 0.5) is 4.39 Å². The van der Waals surface area contributed by atoms with E-state index in [1.54, 1.807) is 17.4 Å². The van der Waals surface area contributed by atoms with Gasteiger partial charge in [0.2, 0.25) is 0 Å². The average Bonchev–Trinajstić information content (AvgIpc) is 2.76. The highest BCUT2D eigenvalue weighted by Gasteiger charge is 2.20. The lowest BCUT2D eigenvalue weighted by Crippen LogP contribution is -2.22. The standard InChI is InChI=1S/C13H12Br2FNS/c1-2-17-13(9-6-18-7-10(9)14)8-4-3-5-11(16)12(8)15/h3-7,13,17H,2H2,1H3.